The van der Waals surface area contributed by atoms with E-state index in [9.17, 15) is 9.00 Å². The summed E-state index contributed by atoms with van der Waals surface area (Å²) in [6.45, 7) is 4.64. The Morgan fingerprint density at radius 1 is 1.43 bits per heavy atom. The van der Waals surface area contributed by atoms with Crippen LogP contribution >= 0.6 is 0 Å². The Labute approximate surface area is 127 Å². The molecule has 2 heterocycles. The number of fused-ring (bicyclic) bond motifs is 3. The number of para-hydroxylation sites is 1. The molecule has 5 nitrogen and oxygen atoms in total. The minimum Gasteiger partial charge on any atom is -0.489 e. The number of anilines is 2. The molecule has 1 N–H and O–H groups in total. The highest BCUT2D eigenvalue weighted by molar-refractivity contribution is 7.85. The lowest BCUT2D eigenvalue weighted by Crippen LogP contribution is -2.47. The first kappa shape index (κ1) is 14.4. The van der Waals surface area contributed by atoms with Crippen molar-refractivity contribution in [1.29, 1.82) is 0 Å². The zero-order chi connectivity index (χ0) is 15.0. The highest BCUT2D eigenvalue weighted by Gasteiger charge is 2.33. The second kappa shape index (κ2) is 5.67. The maximum absolute atomic E-state index is 12.2. The molecular weight excluding hydrogens is 288 g/mol. The van der Waals surface area contributed by atoms with Crippen LogP contribution in [0.15, 0.2) is 18.2 Å². The van der Waals surface area contributed by atoms with E-state index in [1.807, 2.05) is 32.0 Å². The van der Waals surface area contributed by atoms with E-state index in [-0.39, 0.29) is 18.1 Å². The van der Waals surface area contributed by atoms with Crippen LogP contribution in [0.2, 0.25) is 0 Å². The highest BCUT2D eigenvalue weighted by atomic mass is 32.2. The van der Waals surface area contributed by atoms with Crippen LogP contribution in [0.3, 0.4) is 0 Å². The second-order valence-corrected chi connectivity index (χ2v) is 7.35. The molecule has 1 fully saturated rings. The average molecular weight is 308 g/mol. The number of hydrogen-bond acceptors (Lipinski definition) is 4. The van der Waals surface area contributed by atoms with Crippen LogP contribution in [0.1, 0.15) is 20.3 Å². The fourth-order valence-electron chi connectivity index (χ4n) is 2.90. The summed E-state index contributed by atoms with van der Waals surface area (Å²) >= 11 is 0. The largest absolute Gasteiger partial charge is 0.489 e. The number of carbonyl (C=O) groups is 1. The summed E-state index contributed by atoms with van der Waals surface area (Å²) in [6, 6.07) is 5.82. The van der Waals surface area contributed by atoms with Crippen molar-refractivity contribution in [2.75, 3.05) is 28.3 Å². The first-order valence-electron chi connectivity index (χ1n) is 7.25. The van der Waals surface area contributed by atoms with Gasteiger partial charge in [0, 0.05) is 41.3 Å². The first-order valence-corrected chi connectivity index (χ1v) is 8.74. The Hall–Kier alpha value is -1.56. The summed E-state index contributed by atoms with van der Waals surface area (Å²) in [4.78, 5) is 14.3. The molecule has 3 rings (SSSR count). The fourth-order valence-corrected chi connectivity index (χ4v) is 4.19. The lowest BCUT2D eigenvalue weighted by Gasteiger charge is -2.35. The molecule has 2 atom stereocenters. The van der Waals surface area contributed by atoms with Crippen LogP contribution in [0, 0.1) is 0 Å². The summed E-state index contributed by atoms with van der Waals surface area (Å²) in [5, 5.41) is 2.96. The van der Waals surface area contributed by atoms with Crippen LogP contribution in [-0.2, 0) is 15.6 Å². The zero-order valence-corrected chi connectivity index (χ0v) is 13.1. The van der Waals surface area contributed by atoms with Gasteiger partial charge in [-0.3, -0.25) is 9.00 Å². The Bertz CT molecular complexity index is 588. The smallest absolute Gasteiger partial charge is 0.226 e. The van der Waals surface area contributed by atoms with E-state index in [0.29, 0.717) is 30.2 Å². The molecule has 6 heteroatoms. The molecule has 0 bridgehead atoms. The number of carbonyl (C=O) groups excluding carboxylic acids is 1. The van der Waals surface area contributed by atoms with Crippen molar-refractivity contribution < 1.29 is 13.7 Å². The van der Waals surface area contributed by atoms with Crippen LogP contribution < -0.4 is 15.0 Å². The van der Waals surface area contributed by atoms with E-state index in [1.165, 1.54) is 0 Å². The van der Waals surface area contributed by atoms with Gasteiger partial charge in [0.25, 0.3) is 0 Å². The van der Waals surface area contributed by atoms with E-state index >= 15 is 0 Å². The Morgan fingerprint density at radius 3 is 3.00 bits per heavy atom. The Kier molecular flexibility index (Phi) is 3.89. The summed E-state index contributed by atoms with van der Waals surface area (Å²) in [7, 11) is -0.825. The van der Waals surface area contributed by atoms with Crippen molar-refractivity contribution in [3.63, 3.8) is 0 Å². The third-order valence-electron chi connectivity index (χ3n) is 3.74. The summed E-state index contributed by atoms with van der Waals surface area (Å²) in [5.74, 6) is 1.87. The quantitative estimate of drug-likeness (QED) is 0.904. The first-order chi connectivity index (χ1) is 10.0. The normalized spacial score (nSPS) is 24.9. The minimum absolute atomic E-state index is 0.00938. The van der Waals surface area contributed by atoms with E-state index in [4.69, 9.17) is 4.74 Å². The molecule has 21 heavy (non-hydrogen) atoms. The van der Waals surface area contributed by atoms with Gasteiger partial charge in [0.15, 0.2) is 0 Å². The van der Waals surface area contributed by atoms with Crippen molar-refractivity contribution in [2.24, 2.45) is 0 Å². The van der Waals surface area contributed by atoms with Gasteiger partial charge >= 0.3 is 0 Å². The number of nitrogens with zero attached hydrogens (tertiary/aromatic N) is 1. The van der Waals surface area contributed by atoms with Gasteiger partial charge in [-0.1, -0.05) is 6.07 Å². The van der Waals surface area contributed by atoms with Gasteiger partial charge in [-0.05, 0) is 26.0 Å². The monoisotopic (exact) mass is 308 g/mol. The third kappa shape index (κ3) is 2.90. The predicted molar refractivity (Wildman–Crippen MR) is 84.5 cm³/mol. The number of amides is 1. The van der Waals surface area contributed by atoms with E-state index in [1.54, 1.807) is 0 Å². The number of rotatable bonds is 2. The summed E-state index contributed by atoms with van der Waals surface area (Å²) < 4.78 is 17.6. The van der Waals surface area contributed by atoms with Gasteiger partial charge < -0.3 is 15.0 Å². The van der Waals surface area contributed by atoms with Crippen molar-refractivity contribution in [3.05, 3.63) is 18.2 Å². The van der Waals surface area contributed by atoms with Gasteiger partial charge in [-0.2, -0.15) is 0 Å². The van der Waals surface area contributed by atoms with E-state index < -0.39 is 10.8 Å². The third-order valence-corrected chi connectivity index (χ3v) is 5.14. The topological polar surface area (TPSA) is 58.6 Å². The molecule has 1 saturated heterocycles. The van der Waals surface area contributed by atoms with Gasteiger partial charge in [-0.25, -0.2) is 0 Å². The lowest BCUT2D eigenvalue weighted by molar-refractivity contribution is -0.116. The lowest BCUT2D eigenvalue weighted by atomic mass is 10.1. The summed E-state index contributed by atoms with van der Waals surface area (Å²) in [6.07, 6.45) is 0.419. The number of nitrogens with one attached hydrogen (secondary N) is 1. The Morgan fingerprint density at radius 2 is 2.24 bits per heavy atom. The molecule has 0 aliphatic carbocycles. The van der Waals surface area contributed by atoms with Crippen LogP contribution in [-0.4, -0.2) is 40.3 Å². The highest BCUT2D eigenvalue weighted by Crippen LogP contribution is 2.39. The molecular formula is C15H20N2O3S. The van der Waals surface area contributed by atoms with Crippen molar-refractivity contribution in [1.82, 2.24) is 0 Å². The molecule has 0 aromatic heterocycles. The molecule has 114 valence electrons. The molecule has 2 aliphatic rings. The van der Waals surface area contributed by atoms with E-state index in [0.717, 1.165) is 11.4 Å². The predicted octanol–water partition coefficient (Wildman–Crippen LogP) is 1.75. The minimum atomic E-state index is -0.825. The molecule has 2 aliphatic heterocycles. The van der Waals surface area contributed by atoms with Gasteiger partial charge in [0.2, 0.25) is 5.91 Å². The molecule has 0 saturated carbocycles. The maximum Gasteiger partial charge on any atom is 0.226 e. The molecule has 0 radical (unpaired) electrons. The summed E-state index contributed by atoms with van der Waals surface area (Å²) in [5.41, 5.74) is 1.71. The zero-order valence-electron chi connectivity index (χ0n) is 12.3. The van der Waals surface area contributed by atoms with Gasteiger partial charge in [-0.15, -0.1) is 0 Å². The molecule has 1 amide bonds. The van der Waals surface area contributed by atoms with Crippen molar-refractivity contribution >= 4 is 28.1 Å². The number of ether oxygens (including phenoxy) is 1. The molecule has 1 aromatic rings. The average Bonchev–Trinajstić information content (AvgIpc) is 2.54. The van der Waals surface area contributed by atoms with Crippen LogP contribution in [0.5, 0.6) is 5.75 Å². The van der Waals surface area contributed by atoms with Crippen LogP contribution in [0.4, 0.5) is 11.4 Å². The standard InChI is InChI=1S/C15H20N2O3S/c1-10(2)20-13-5-3-4-12-15(13)16-14(18)8-11-9-21(19)7-6-17(11)12/h3-5,10-11H,6-9H2,1-2H3,(H,16,18). The van der Waals surface area contributed by atoms with E-state index in [2.05, 4.69) is 10.2 Å². The number of benzene rings is 1. The SMILES string of the molecule is CC(C)Oc1cccc2c1NC(=O)CC1CS(=O)CCN21. The fraction of sp³-hybridized carbons (Fsp3) is 0.533. The number of hydrogen-bond donors (Lipinski definition) is 1. The second-order valence-electron chi connectivity index (χ2n) is 5.73. The maximum atomic E-state index is 12.2. The molecule has 2 unspecified atom stereocenters. The molecule has 0 spiro atoms. The van der Waals surface area contributed by atoms with Crippen molar-refractivity contribution in [2.45, 2.75) is 32.4 Å². The van der Waals surface area contributed by atoms with Gasteiger partial charge in [0.1, 0.15) is 11.4 Å². The van der Waals surface area contributed by atoms with Gasteiger partial charge in [0.05, 0.1) is 11.8 Å². The van der Waals surface area contributed by atoms with Crippen molar-refractivity contribution in [3.8, 4) is 5.75 Å². The Balaban J connectivity index is 2.03. The molecule has 1 aromatic carbocycles. The van der Waals surface area contributed by atoms with Crippen LogP contribution in [0.25, 0.3) is 0 Å².